The summed E-state index contributed by atoms with van der Waals surface area (Å²) in [4.78, 5) is 1.32. The molecule has 0 N–H and O–H groups in total. The molecule has 0 spiro atoms. The molecule has 1 heterocycles. The number of hydrogen-bond acceptors (Lipinski definition) is 2. The van der Waals surface area contributed by atoms with Crippen molar-refractivity contribution in [3.05, 3.63) is 95.5 Å². The maximum absolute atomic E-state index is 6.40. The summed E-state index contributed by atoms with van der Waals surface area (Å²) in [5, 5.41) is 1.23. The van der Waals surface area contributed by atoms with E-state index < -0.39 is 0 Å². The van der Waals surface area contributed by atoms with Gasteiger partial charge in [0.05, 0.1) is 13.2 Å². The van der Waals surface area contributed by atoms with Gasteiger partial charge in [-0.15, -0.1) is 18.3 Å². The largest absolute Gasteiger partial charge is 0.365 e. The van der Waals surface area contributed by atoms with Gasteiger partial charge in [0.2, 0.25) is 6.33 Å². The molecule has 1 atom stereocenters. The third kappa shape index (κ3) is 6.93. The first-order chi connectivity index (χ1) is 14.2. The zero-order valence-corrected chi connectivity index (χ0v) is 18.5. The van der Waals surface area contributed by atoms with Gasteiger partial charge in [-0.2, -0.15) is 0 Å². The Morgan fingerprint density at radius 1 is 1.17 bits per heavy atom. The standard InChI is InChI=1S/C23H25Cl2N2OS/c1-2-14-28-23(21-10-9-19(24)16-22(21)25)17-27-13-12-26(18-27)11-6-15-29-20-7-4-3-5-8-20/h2-5,7-10,12-13,16,18,23H,1,6,11,14-15,17H2/q+1. The fraction of sp³-hybridized carbons (Fsp3) is 0.261. The Labute approximate surface area is 186 Å². The third-order valence-corrected chi connectivity index (χ3v) is 6.08. The summed E-state index contributed by atoms with van der Waals surface area (Å²) >= 11 is 14.3. The number of halogens is 2. The molecule has 3 nitrogen and oxygen atoms in total. The van der Waals surface area contributed by atoms with Crippen LogP contribution in [0.3, 0.4) is 0 Å². The molecule has 29 heavy (non-hydrogen) atoms. The summed E-state index contributed by atoms with van der Waals surface area (Å²) in [5.41, 5.74) is 0.928. The number of imidazole rings is 1. The highest BCUT2D eigenvalue weighted by Crippen LogP contribution is 2.28. The van der Waals surface area contributed by atoms with Gasteiger partial charge in [-0.25, -0.2) is 9.13 Å². The average Bonchev–Trinajstić information content (AvgIpc) is 3.17. The van der Waals surface area contributed by atoms with Crippen LogP contribution in [0.25, 0.3) is 0 Å². The van der Waals surface area contributed by atoms with Gasteiger partial charge >= 0.3 is 0 Å². The minimum atomic E-state index is -0.174. The molecular formula is C23H25Cl2N2OS+. The van der Waals surface area contributed by atoms with Crippen LogP contribution < -0.4 is 4.57 Å². The Morgan fingerprint density at radius 3 is 2.76 bits per heavy atom. The maximum Gasteiger partial charge on any atom is 0.243 e. The van der Waals surface area contributed by atoms with Crippen molar-refractivity contribution in [1.29, 1.82) is 0 Å². The van der Waals surface area contributed by atoms with Crippen molar-refractivity contribution in [3.63, 3.8) is 0 Å². The molecule has 0 fully saturated rings. The second-order valence-electron chi connectivity index (χ2n) is 6.64. The molecule has 0 radical (unpaired) electrons. The van der Waals surface area contributed by atoms with Crippen molar-refractivity contribution in [1.82, 2.24) is 4.57 Å². The first kappa shape index (κ1) is 22.0. The lowest BCUT2D eigenvalue weighted by Crippen LogP contribution is -2.35. The molecule has 1 aromatic heterocycles. The van der Waals surface area contributed by atoms with E-state index in [1.54, 1.807) is 12.1 Å². The first-order valence-electron chi connectivity index (χ1n) is 9.56. The Bertz CT molecular complexity index is 914. The number of nitrogens with zero attached hydrogens (tertiary/aromatic N) is 2. The minimum Gasteiger partial charge on any atom is -0.365 e. The summed E-state index contributed by atoms with van der Waals surface area (Å²) in [6, 6.07) is 16.0. The number of rotatable bonds is 11. The molecule has 0 aliphatic rings. The van der Waals surface area contributed by atoms with Crippen molar-refractivity contribution >= 4 is 35.0 Å². The summed E-state index contributed by atoms with van der Waals surface area (Å²) in [6.07, 6.45) is 8.96. The summed E-state index contributed by atoms with van der Waals surface area (Å²) in [5.74, 6) is 1.09. The Morgan fingerprint density at radius 2 is 2.00 bits per heavy atom. The van der Waals surface area contributed by atoms with E-state index in [9.17, 15) is 0 Å². The second kappa shape index (κ2) is 11.5. The van der Waals surface area contributed by atoms with Crippen molar-refractivity contribution < 1.29 is 9.30 Å². The summed E-state index contributed by atoms with van der Waals surface area (Å²) < 4.78 is 10.3. The fourth-order valence-corrected chi connectivity index (χ4v) is 4.40. The van der Waals surface area contributed by atoms with Crippen LogP contribution in [0.1, 0.15) is 18.1 Å². The number of thioether (sulfide) groups is 1. The molecule has 0 amide bonds. The molecule has 152 valence electrons. The predicted molar refractivity (Wildman–Crippen MR) is 122 cm³/mol. The topological polar surface area (TPSA) is 18.0 Å². The van der Waals surface area contributed by atoms with Crippen LogP contribution in [0.5, 0.6) is 0 Å². The number of ether oxygens (including phenoxy) is 1. The number of aryl methyl sites for hydroxylation is 1. The Kier molecular flexibility index (Phi) is 8.69. The van der Waals surface area contributed by atoms with E-state index in [2.05, 4.69) is 58.7 Å². The molecule has 1 unspecified atom stereocenters. The number of hydrogen-bond donors (Lipinski definition) is 0. The molecule has 0 aliphatic heterocycles. The molecule has 0 saturated heterocycles. The lowest BCUT2D eigenvalue weighted by atomic mass is 10.1. The smallest absolute Gasteiger partial charge is 0.243 e. The van der Waals surface area contributed by atoms with Crippen LogP contribution in [-0.2, 0) is 17.8 Å². The van der Waals surface area contributed by atoms with E-state index in [1.807, 2.05) is 30.0 Å². The van der Waals surface area contributed by atoms with Crippen LogP contribution in [0.15, 0.2) is 84.8 Å². The van der Waals surface area contributed by atoms with Crippen LogP contribution in [0, 0.1) is 0 Å². The van der Waals surface area contributed by atoms with Crippen molar-refractivity contribution in [2.24, 2.45) is 0 Å². The van der Waals surface area contributed by atoms with Gasteiger partial charge in [0.25, 0.3) is 0 Å². The molecule has 0 bridgehead atoms. The minimum absolute atomic E-state index is 0.174. The van der Waals surface area contributed by atoms with Gasteiger partial charge in [-0.05, 0) is 30.7 Å². The van der Waals surface area contributed by atoms with E-state index in [0.717, 1.165) is 24.3 Å². The van der Waals surface area contributed by atoms with Gasteiger partial charge in [0.15, 0.2) is 0 Å². The maximum atomic E-state index is 6.40. The first-order valence-corrected chi connectivity index (χ1v) is 11.3. The molecule has 3 aromatic rings. The lowest BCUT2D eigenvalue weighted by molar-refractivity contribution is -0.704. The summed E-state index contributed by atoms with van der Waals surface area (Å²) in [7, 11) is 0. The zero-order valence-electron chi connectivity index (χ0n) is 16.2. The molecule has 0 saturated carbocycles. The van der Waals surface area contributed by atoms with Crippen molar-refractivity contribution in [3.8, 4) is 0 Å². The monoisotopic (exact) mass is 447 g/mol. The van der Waals surface area contributed by atoms with Crippen LogP contribution in [0.2, 0.25) is 10.0 Å². The SMILES string of the molecule is C=CCOC(C[n+]1ccn(CCCSc2ccccc2)c1)c1ccc(Cl)cc1Cl. The van der Waals surface area contributed by atoms with E-state index in [1.165, 1.54) is 4.90 Å². The fourth-order valence-electron chi connectivity index (χ4n) is 3.01. The Balaban J connectivity index is 1.56. The second-order valence-corrected chi connectivity index (χ2v) is 8.65. The highest BCUT2D eigenvalue weighted by atomic mass is 35.5. The van der Waals surface area contributed by atoms with Crippen LogP contribution >= 0.6 is 35.0 Å². The average molecular weight is 448 g/mol. The molecular weight excluding hydrogens is 423 g/mol. The van der Waals surface area contributed by atoms with E-state index >= 15 is 0 Å². The van der Waals surface area contributed by atoms with E-state index in [-0.39, 0.29) is 6.10 Å². The van der Waals surface area contributed by atoms with Crippen molar-refractivity contribution in [2.45, 2.75) is 30.5 Å². The van der Waals surface area contributed by atoms with Gasteiger partial charge in [-0.3, -0.25) is 0 Å². The van der Waals surface area contributed by atoms with E-state index in [4.69, 9.17) is 27.9 Å². The van der Waals surface area contributed by atoms with Gasteiger partial charge in [0.1, 0.15) is 25.0 Å². The van der Waals surface area contributed by atoms with Gasteiger partial charge in [-0.1, -0.05) is 53.5 Å². The van der Waals surface area contributed by atoms with Crippen molar-refractivity contribution in [2.75, 3.05) is 12.4 Å². The zero-order chi connectivity index (χ0) is 20.5. The summed E-state index contributed by atoms with van der Waals surface area (Å²) in [6.45, 7) is 5.85. The van der Waals surface area contributed by atoms with Gasteiger partial charge < -0.3 is 4.74 Å². The number of aromatic nitrogens is 2. The predicted octanol–water partition coefficient (Wildman–Crippen LogP) is 6.21. The number of benzene rings is 2. The highest BCUT2D eigenvalue weighted by molar-refractivity contribution is 7.99. The van der Waals surface area contributed by atoms with Crippen LogP contribution in [0.4, 0.5) is 0 Å². The van der Waals surface area contributed by atoms with Gasteiger partial charge in [0, 0.05) is 26.3 Å². The molecule has 2 aromatic carbocycles. The molecule has 3 rings (SSSR count). The highest BCUT2D eigenvalue weighted by Gasteiger charge is 2.19. The quantitative estimate of drug-likeness (QED) is 0.150. The third-order valence-electron chi connectivity index (χ3n) is 4.42. The Hall–Kier alpha value is -1.72. The molecule has 6 heteroatoms. The molecule has 0 aliphatic carbocycles. The van der Waals surface area contributed by atoms with E-state index in [0.29, 0.717) is 23.2 Å². The lowest BCUT2D eigenvalue weighted by Gasteiger charge is -2.17. The van der Waals surface area contributed by atoms with Crippen LogP contribution in [-0.4, -0.2) is 16.9 Å². The normalized spacial score (nSPS) is 12.1.